The largest absolute Gasteiger partial charge is 0.416 e. The third-order valence-corrected chi connectivity index (χ3v) is 9.62. The highest BCUT2D eigenvalue weighted by Gasteiger charge is 2.52. The Morgan fingerprint density at radius 3 is 2.04 bits per heavy atom. The summed E-state index contributed by atoms with van der Waals surface area (Å²) in [6.07, 6.45) is -10.3. The highest BCUT2D eigenvalue weighted by molar-refractivity contribution is 7.92. The molecule has 0 unspecified atom stereocenters. The predicted octanol–water partition coefficient (Wildman–Crippen LogP) is 5.44. The molecule has 2 heterocycles. The normalized spacial score (nSPS) is 19.4. The summed E-state index contributed by atoms with van der Waals surface area (Å²) in [5.74, 6) is -1.81. The van der Waals surface area contributed by atoms with E-state index in [1.165, 1.54) is 32.2 Å². The van der Waals surface area contributed by atoms with Gasteiger partial charge in [0.2, 0.25) is 11.0 Å². The summed E-state index contributed by atoms with van der Waals surface area (Å²) in [6, 6.07) is 6.09. The van der Waals surface area contributed by atoms with Crippen molar-refractivity contribution in [2.45, 2.75) is 56.1 Å². The number of β-amino-alcohol motifs (C(OH)–C–C–N with tert-alkyl or cyclic N) is 1. The molecule has 2 aromatic carbocycles. The van der Waals surface area contributed by atoms with Crippen LogP contribution in [-0.2, 0) is 32.4 Å². The predicted molar refractivity (Wildman–Crippen MR) is 155 cm³/mol. The molecule has 1 saturated heterocycles. The quantitative estimate of drug-likeness (QED) is 0.335. The number of rotatable bonds is 6. The number of aromatic nitrogens is 1. The van der Waals surface area contributed by atoms with Crippen LogP contribution < -0.4 is 9.80 Å². The molecule has 1 aliphatic heterocycles. The van der Waals surface area contributed by atoms with Crippen LogP contribution in [0.15, 0.2) is 48.7 Å². The minimum atomic E-state index is -5.15. The molecule has 1 fully saturated rings. The Bertz CT molecular complexity index is 1760. The maximum Gasteiger partial charge on any atom is 0.416 e. The zero-order valence-electron chi connectivity index (χ0n) is 25.1. The van der Waals surface area contributed by atoms with Crippen molar-refractivity contribution in [3.63, 3.8) is 0 Å². The summed E-state index contributed by atoms with van der Waals surface area (Å²) < 4.78 is 121. The fraction of sp³-hybridized carbons (Fsp3) is 0.400. The fourth-order valence-electron chi connectivity index (χ4n) is 5.27. The molecule has 2 N–H and O–H groups in total. The van der Waals surface area contributed by atoms with Crippen LogP contribution in [0.2, 0.25) is 0 Å². The maximum absolute atomic E-state index is 14.7. The zero-order chi connectivity index (χ0) is 34.8. The minimum Gasteiger partial charge on any atom is -0.391 e. The molecule has 2 atom stereocenters. The molecule has 1 amide bonds. The third-order valence-electron chi connectivity index (χ3n) is 8.05. The van der Waals surface area contributed by atoms with Crippen molar-refractivity contribution in [3.05, 3.63) is 76.7 Å². The number of hydrogen-bond acceptors (Lipinski definition) is 7. The van der Waals surface area contributed by atoms with Crippen LogP contribution in [0.4, 0.5) is 42.2 Å². The standard InChI is InChI=1S/C30H30F7N3O5S/c1-16-6-7-17(8-23(16)31)22-12-25(40-15-21(41)13-28(40,43)46(5,44)45)38-14-24(22)39(4)26(42)27(2,3)18-9-19(29(32,33)34)11-20(10-18)30(35,36)37/h6-12,14,21,41,43H,13,15H2,1-5H3/t21-,28+/m1/s1. The van der Waals surface area contributed by atoms with Crippen molar-refractivity contribution < 1.29 is 54.2 Å². The number of carbonyl (C=O) groups is 1. The number of sulfone groups is 1. The van der Waals surface area contributed by atoms with Gasteiger partial charge in [0.15, 0.2) is 9.84 Å². The fourth-order valence-corrected chi connectivity index (χ4v) is 6.33. The molecule has 250 valence electrons. The number of halogens is 7. The zero-order valence-corrected chi connectivity index (χ0v) is 25.9. The van der Waals surface area contributed by atoms with Crippen molar-refractivity contribution >= 4 is 27.2 Å². The Morgan fingerprint density at radius 2 is 1.54 bits per heavy atom. The number of aliphatic hydroxyl groups excluding tert-OH is 1. The van der Waals surface area contributed by atoms with Gasteiger partial charge in [-0.1, -0.05) is 12.1 Å². The van der Waals surface area contributed by atoms with Gasteiger partial charge in [-0.15, -0.1) is 0 Å². The molecular formula is C30H30F7N3O5S. The molecule has 16 heteroatoms. The second kappa shape index (κ2) is 11.5. The van der Waals surface area contributed by atoms with Crippen molar-refractivity contribution in [2.24, 2.45) is 0 Å². The van der Waals surface area contributed by atoms with E-state index >= 15 is 0 Å². The number of carbonyl (C=O) groups excluding carboxylic acids is 1. The first-order valence-corrected chi connectivity index (χ1v) is 15.5. The van der Waals surface area contributed by atoms with Gasteiger partial charge in [-0.3, -0.25) is 4.79 Å². The van der Waals surface area contributed by atoms with Crippen LogP contribution in [0.25, 0.3) is 11.1 Å². The Balaban J connectivity index is 1.88. The van der Waals surface area contributed by atoms with Gasteiger partial charge in [0.05, 0.1) is 34.5 Å². The van der Waals surface area contributed by atoms with Gasteiger partial charge in [0.1, 0.15) is 11.6 Å². The number of likely N-dealkylation sites (N-methyl/N-ethyl adjacent to an activating group) is 1. The number of aryl methyl sites for hydroxylation is 1. The van der Waals surface area contributed by atoms with E-state index in [2.05, 4.69) is 4.98 Å². The van der Waals surface area contributed by atoms with E-state index in [-0.39, 0.29) is 40.8 Å². The summed E-state index contributed by atoms with van der Waals surface area (Å²) in [4.78, 5) is 20.0. The number of amides is 1. The van der Waals surface area contributed by atoms with Crippen LogP contribution in [0.3, 0.4) is 0 Å². The number of pyridine rings is 1. The molecule has 1 aliphatic rings. The summed E-state index contributed by atoms with van der Waals surface area (Å²) in [7, 11) is -3.05. The number of anilines is 2. The van der Waals surface area contributed by atoms with Gasteiger partial charge >= 0.3 is 12.4 Å². The summed E-state index contributed by atoms with van der Waals surface area (Å²) in [5, 5.41) is 18.7. The van der Waals surface area contributed by atoms with E-state index in [9.17, 15) is 54.2 Å². The SMILES string of the molecule is Cc1ccc(-c2cc(N3C[C@H](O)C[C@]3(O)S(C)(=O)=O)ncc2N(C)C(=O)C(C)(C)c2cc(C(F)(F)F)cc(C(F)(F)F)c2)cc1F. The van der Waals surface area contributed by atoms with Crippen LogP contribution in [0.1, 0.15) is 42.5 Å². The molecule has 0 radical (unpaired) electrons. The molecule has 0 spiro atoms. The van der Waals surface area contributed by atoms with E-state index < -0.39 is 73.6 Å². The number of benzene rings is 2. The monoisotopic (exact) mass is 677 g/mol. The van der Waals surface area contributed by atoms with Gasteiger partial charge in [-0.2, -0.15) is 26.3 Å². The number of nitrogens with zero attached hydrogens (tertiary/aromatic N) is 3. The minimum absolute atomic E-state index is 0.0482. The molecule has 8 nitrogen and oxygen atoms in total. The van der Waals surface area contributed by atoms with Gasteiger partial charge in [0.25, 0.3) is 0 Å². The second-order valence-corrected chi connectivity index (χ2v) is 14.0. The molecule has 1 aromatic heterocycles. The summed E-state index contributed by atoms with van der Waals surface area (Å²) >= 11 is 0. The second-order valence-electron chi connectivity index (χ2n) is 11.8. The molecule has 46 heavy (non-hydrogen) atoms. The van der Waals surface area contributed by atoms with Gasteiger partial charge in [-0.05, 0) is 67.8 Å². The number of aliphatic hydroxyl groups is 2. The van der Waals surface area contributed by atoms with Crippen molar-refractivity contribution in [3.8, 4) is 11.1 Å². The Morgan fingerprint density at radius 1 is 1.00 bits per heavy atom. The van der Waals surface area contributed by atoms with Crippen LogP contribution in [-0.4, -0.2) is 60.5 Å². The van der Waals surface area contributed by atoms with E-state index in [1.807, 2.05) is 0 Å². The van der Waals surface area contributed by atoms with Gasteiger partial charge < -0.3 is 20.0 Å². The third kappa shape index (κ3) is 6.42. The smallest absolute Gasteiger partial charge is 0.391 e. The lowest BCUT2D eigenvalue weighted by Gasteiger charge is -2.34. The maximum atomic E-state index is 14.7. The van der Waals surface area contributed by atoms with E-state index in [1.54, 1.807) is 0 Å². The van der Waals surface area contributed by atoms with Crippen molar-refractivity contribution in [1.29, 1.82) is 0 Å². The summed E-state index contributed by atoms with van der Waals surface area (Å²) in [6.45, 7) is 3.41. The lowest BCUT2D eigenvalue weighted by Crippen LogP contribution is -2.50. The van der Waals surface area contributed by atoms with Crippen molar-refractivity contribution in [2.75, 3.05) is 29.6 Å². The average molecular weight is 678 g/mol. The highest BCUT2D eigenvalue weighted by Crippen LogP contribution is 2.42. The van der Waals surface area contributed by atoms with E-state index in [0.717, 1.165) is 42.2 Å². The molecule has 0 bridgehead atoms. The average Bonchev–Trinajstić information content (AvgIpc) is 3.27. The van der Waals surface area contributed by atoms with E-state index in [0.29, 0.717) is 12.1 Å². The Kier molecular flexibility index (Phi) is 8.77. The first-order chi connectivity index (χ1) is 20.9. The van der Waals surface area contributed by atoms with Gasteiger partial charge in [0, 0.05) is 31.8 Å². The van der Waals surface area contributed by atoms with Crippen LogP contribution >= 0.6 is 0 Å². The summed E-state index contributed by atoms with van der Waals surface area (Å²) in [5.41, 5.74) is -5.40. The van der Waals surface area contributed by atoms with Crippen LogP contribution in [0.5, 0.6) is 0 Å². The Labute approximate surface area is 260 Å². The lowest BCUT2D eigenvalue weighted by atomic mass is 9.81. The molecule has 3 aromatic rings. The lowest BCUT2D eigenvalue weighted by molar-refractivity contribution is -0.143. The van der Waals surface area contributed by atoms with Crippen LogP contribution in [0, 0.1) is 12.7 Å². The van der Waals surface area contributed by atoms with E-state index in [4.69, 9.17) is 0 Å². The molecule has 0 aliphatic carbocycles. The topological polar surface area (TPSA) is 111 Å². The highest BCUT2D eigenvalue weighted by atomic mass is 32.2. The first kappa shape index (κ1) is 35.1. The number of hydrogen-bond donors (Lipinski definition) is 2. The number of alkyl halides is 6. The molecule has 4 rings (SSSR count). The van der Waals surface area contributed by atoms with Crippen molar-refractivity contribution in [1.82, 2.24) is 4.98 Å². The Hall–Kier alpha value is -3.76. The molecular weight excluding hydrogens is 647 g/mol. The van der Waals surface area contributed by atoms with Gasteiger partial charge in [-0.25, -0.2) is 17.8 Å². The first-order valence-electron chi connectivity index (χ1n) is 13.6. The molecule has 0 saturated carbocycles.